The zero-order valence-electron chi connectivity index (χ0n) is 13.3. The SMILES string of the molecule is Cc1ccccc1C(=O)CN1CCC(C(C)C)CCC1=O. The molecule has 114 valence electrons. The van der Waals surface area contributed by atoms with Gasteiger partial charge in [-0.3, -0.25) is 9.59 Å². The van der Waals surface area contributed by atoms with Crippen LogP contribution < -0.4 is 0 Å². The number of ketones is 1. The molecule has 2 rings (SSSR count). The van der Waals surface area contributed by atoms with E-state index in [0.717, 1.165) is 24.0 Å². The van der Waals surface area contributed by atoms with Crippen molar-refractivity contribution in [2.75, 3.05) is 13.1 Å². The minimum atomic E-state index is 0.0458. The van der Waals surface area contributed by atoms with Crippen LogP contribution in [0.25, 0.3) is 0 Å². The zero-order valence-corrected chi connectivity index (χ0v) is 13.3. The van der Waals surface area contributed by atoms with E-state index in [-0.39, 0.29) is 18.2 Å². The Morgan fingerprint density at radius 2 is 2.00 bits per heavy atom. The van der Waals surface area contributed by atoms with Gasteiger partial charge in [0.1, 0.15) is 0 Å². The van der Waals surface area contributed by atoms with Crippen LogP contribution in [0.2, 0.25) is 0 Å². The second-order valence-electron chi connectivity index (χ2n) is 6.38. The molecule has 0 N–H and O–H groups in total. The molecule has 1 aromatic carbocycles. The molecule has 3 heteroatoms. The Balaban J connectivity index is 2.03. The predicted molar refractivity (Wildman–Crippen MR) is 84.3 cm³/mol. The number of benzene rings is 1. The van der Waals surface area contributed by atoms with Gasteiger partial charge in [0.25, 0.3) is 0 Å². The largest absolute Gasteiger partial charge is 0.335 e. The molecule has 1 amide bonds. The van der Waals surface area contributed by atoms with Gasteiger partial charge < -0.3 is 4.90 Å². The summed E-state index contributed by atoms with van der Waals surface area (Å²) in [5.74, 6) is 1.36. The number of rotatable bonds is 4. The Kier molecular flexibility index (Phi) is 5.16. The summed E-state index contributed by atoms with van der Waals surface area (Å²) in [5.41, 5.74) is 1.71. The van der Waals surface area contributed by atoms with Crippen molar-refractivity contribution in [3.8, 4) is 0 Å². The average Bonchev–Trinajstić information content (AvgIpc) is 2.62. The molecule has 3 nitrogen and oxygen atoms in total. The molecule has 1 unspecified atom stereocenters. The molecule has 1 aliphatic rings. The van der Waals surface area contributed by atoms with E-state index in [2.05, 4.69) is 13.8 Å². The van der Waals surface area contributed by atoms with Crippen LogP contribution in [0.4, 0.5) is 0 Å². The molecular formula is C18H25NO2. The Bertz CT molecular complexity index is 522. The standard InChI is InChI=1S/C18H25NO2/c1-13(2)15-8-9-18(21)19(11-10-15)12-17(20)16-7-5-4-6-14(16)3/h4-7,13,15H,8-12H2,1-3H3. The molecule has 0 spiro atoms. The second kappa shape index (κ2) is 6.88. The number of amides is 1. The van der Waals surface area contributed by atoms with E-state index in [0.29, 0.717) is 24.8 Å². The van der Waals surface area contributed by atoms with Crippen LogP contribution in [0.5, 0.6) is 0 Å². The van der Waals surface area contributed by atoms with Crippen molar-refractivity contribution in [1.29, 1.82) is 0 Å². The third kappa shape index (κ3) is 3.93. The summed E-state index contributed by atoms with van der Waals surface area (Å²) in [6.45, 7) is 7.28. The van der Waals surface area contributed by atoms with Gasteiger partial charge in [-0.1, -0.05) is 38.1 Å². The van der Waals surface area contributed by atoms with Gasteiger partial charge in [-0.05, 0) is 37.2 Å². The monoisotopic (exact) mass is 287 g/mol. The van der Waals surface area contributed by atoms with Crippen LogP contribution in [-0.4, -0.2) is 29.7 Å². The number of nitrogens with zero attached hydrogens (tertiary/aromatic N) is 1. The summed E-state index contributed by atoms with van der Waals surface area (Å²) in [4.78, 5) is 26.4. The Labute approximate surface area is 127 Å². The van der Waals surface area contributed by atoms with Gasteiger partial charge in [-0.25, -0.2) is 0 Å². The van der Waals surface area contributed by atoms with Gasteiger partial charge in [0.05, 0.1) is 6.54 Å². The van der Waals surface area contributed by atoms with Crippen LogP contribution in [-0.2, 0) is 4.79 Å². The maximum atomic E-state index is 12.4. The van der Waals surface area contributed by atoms with Crippen molar-refractivity contribution in [3.05, 3.63) is 35.4 Å². The number of likely N-dealkylation sites (tertiary alicyclic amines) is 1. The van der Waals surface area contributed by atoms with Crippen molar-refractivity contribution in [3.63, 3.8) is 0 Å². The van der Waals surface area contributed by atoms with E-state index in [1.165, 1.54) is 0 Å². The molecule has 0 saturated carbocycles. The Hall–Kier alpha value is -1.64. The highest BCUT2D eigenvalue weighted by atomic mass is 16.2. The van der Waals surface area contributed by atoms with E-state index in [1.54, 1.807) is 4.90 Å². The molecule has 0 bridgehead atoms. The van der Waals surface area contributed by atoms with Gasteiger partial charge in [0.15, 0.2) is 5.78 Å². The van der Waals surface area contributed by atoms with E-state index in [9.17, 15) is 9.59 Å². The lowest BCUT2D eigenvalue weighted by molar-refractivity contribution is -0.130. The predicted octanol–water partition coefficient (Wildman–Crippen LogP) is 3.46. The highest BCUT2D eigenvalue weighted by Gasteiger charge is 2.25. The minimum absolute atomic E-state index is 0.0458. The van der Waals surface area contributed by atoms with Crippen molar-refractivity contribution in [1.82, 2.24) is 4.90 Å². The number of Topliss-reactive ketones (excluding diaryl/α,β-unsaturated/α-hetero) is 1. The normalized spacial score (nSPS) is 19.7. The average molecular weight is 287 g/mol. The lowest BCUT2D eigenvalue weighted by Gasteiger charge is -2.21. The van der Waals surface area contributed by atoms with Crippen LogP contribution in [0, 0.1) is 18.8 Å². The minimum Gasteiger partial charge on any atom is -0.335 e. The van der Waals surface area contributed by atoms with Crippen molar-refractivity contribution >= 4 is 11.7 Å². The first-order valence-electron chi connectivity index (χ1n) is 7.85. The van der Waals surface area contributed by atoms with E-state index < -0.39 is 0 Å². The molecule has 1 aliphatic heterocycles. The molecule has 1 aromatic rings. The summed E-state index contributed by atoms with van der Waals surface area (Å²) < 4.78 is 0. The lowest BCUT2D eigenvalue weighted by Crippen LogP contribution is -2.35. The van der Waals surface area contributed by atoms with Crippen molar-refractivity contribution in [2.45, 2.75) is 40.0 Å². The van der Waals surface area contributed by atoms with Crippen molar-refractivity contribution < 1.29 is 9.59 Å². The number of aryl methyl sites for hydroxylation is 1. The van der Waals surface area contributed by atoms with Gasteiger partial charge in [0.2, 0.25) is 5.91 Å². The molecule has 21 heavy (non-hydrogen) atoms. The van der Waals surface area contributed by atoms with Crippen molar-refractivity contribution in [2.24, 2.45) is 11.8 Å². The maximum absolute atomic E-state index is 12.4. The van der Waals surface area contributed by atoms with Crippen LogP contribution in [0.15, 0.2) is 24.3 Å². The quantitative estimate of drug-likeness (QED) is 0.795. The first kappa shape index (κ1) is 15.7. The molecule has 0 aromatic heterocycles. The molecule has 1 saturated heterocycles. The van der Waals surface area contributed by atoms with E-state index >= 15 is 0 Å². The fourth-order valence-electron chi connectivity index (χ4n) is 3.04. The van der Waals surface area contributed by atoms with E-state index in [4.69, 9.17) is 0 Å². The summed E-state index contributed by atoms with van der Waals surface area (Å²) in [6.07, 6.45) is 2.53. The summed E-state index contributed by atoms with van der Waals surface area (Å²) in [5, 5.41) is 0. The molecular weight excluding hydrogens is 262 g/mol. The fraction of sp³-hybridized carbons (Fsp3) is 0.556. The highest BCUT2D eigenvalue weighted by Crippen LogP contribution is 2.25. The fourth-order valence-corrected chi connectivity index (χ4v) is 3.04. The second-order valence-corrected chi connectivity index (χ2v) is 6.38. The topological polar surface area (TPSA) is 37.4 Å². The number of hydrogen-bond donors (Lipinski definition) is 0. The summed E-state index contributed by atoms with van der Waals surface area (Å²) in [7, 11) is 0. The van der Waals surface area contributed by atoms with Gasteiger partial charge in [0, 0.05) is 18.5 Å². The Morgan fingerprint density at radius 1 is 1.29 bits per heavy atom. The maximum Gasteiger partial charge on any atom is 0.222 e. The number of hydrogen-bond acceptors (Lipinski definition) is 2. The number of carbonyl (C=O) groups is 2. The van der Waals surface area contributed by atoms with Gasteiger partial charge in [-0.2, -0.15) is 0 Å². The van der Waals surface area contributed by atoms with E-state index in [1.807, 2.05) is 31.2 Å². The molecule has 1 heterocycles. The van der Waals surface area contributed by atoms with Gasteiger partial charge >= 0.3 is 0 Å². The molecule has 1 atom stereocenters. The third-order valence-corrected chi connectivity index (χ3v) is 4.57. The zero-order chi connectivity index (χ0) is 15.4. The molecule has 0 radical (unpaired) electrons. The Morgan fingerprint density at radius 3 is 2.67 bits per heavy atom. The molecule has 1 fully saturated rings. The lowest BCUT2D eigenvalue weighted by atomic mass is 9.89. The third-order valence-electron chi connectivity index (χ3n) is 4.57. The van der Waals surface area contributed by atoms with Crippen LogP contribution in [0.1, 0.15) is 49.0 Å². The van der Waals surface area contributed by atoms with Crippen LogP contribution in [0.3, 0.4) is 0 Å². The summed E-state index contributed by atoms with van der Waals surface area (Å²) in [6, 6.07) is 7.58. The smallest absolute Gasteiger partial charge is 0.222 e. The molecule has 0 aliphatic carbocycles. The summed E-state index contributed by atoms with van der Waals surface area (Å²) >= 11 is 0. The van der Waals surface area contributed by atoms with Gasteiger partial charge in [-0.15, -0.1) is 0 Å². The first-order chi connectivity index (χ1) is 9.99. The highest BCUT2D eigenvalue weighted by molar-refractivity contribution is 6.00. The first-order valence-corrected chi connectivity index (χ1v) is 7.85. The number of carbonyl (C=O) groups excluding carboxylic acids is 2. The van der Waals surface area contributed by atoms with Crippen LogP contribution >= 0.6 is 0 Å².